The average Bonchev–Trinajstić information content (AvgIpc) is 3.11. The number of methoxy groups -OCH3 is 2. The monoisotopic (exact) mass is 345 g/mol. The molecule has 8 heteroatoms. The first-order chi connectivity index (χ1) is 12.0. The van der Waals surface area contributed by atoms with E-state index in [1.165, 1.54) is 26.8 Å². The van der Waals surface area contributed by atoms with Crippen LogP contribution < -0.4 is 9.47 Å². The van der Waals surface area contributed by atoms with E-state index in [4.69, 9.17) is 9.47 Å². The zero-order chi connectivity index (χ0) is 18.2. The molecule has 0 saturated heterocycles. The fourth-order valence-electron chi connectivity index (χ4n) is 2.13. The smallest absolute Gasteiger partial charge is 0.328 e. The summed E-state index contributed by atoms with van der Waals surface area (Å²) in [5.41, 5.74) is 1.40. The van der Waals surface area contributed by atoms with Gasteiger partial charge in [0.05, 0.1) is 20.5 Å². The summed E-state index contributed by atoms with van der Waals surface area (Å²) in [5, 5.41) is 19.1. The summed E-state index contributed by atoms with van der Waals surface area (Å²) >= 11 is 0. The molecule has 0 aliphatic rings. The molecular formula is C17H19N3O5. The zero-order valence-electron chi connectivity index (χ0n) is 13.8. The highest BCUT2D eigenvalue weighted by Gasteiger charge is 2.16. The van der Waals surface area contributed by atoms with E-state index in [1.807, 2.05) is 0 Å². The molecule has 3 N–H and O–H groups in total. The number of aromatic hydroxyl groups is 1. The van der Waals surface area contributed by atoms with Crippen molar-refractivity contribution < 1.29 is 24.5 Å². The average molecular weight is 345 g/mol. The molecule has 0 fully saturated rings. The third kappa shape index (κ3) is 4.84. The van der Waals surface area contributed by atoms with Crippen molar-refractivity contribution in [2.45, 2.75) is 12.5 Å². The molecule has 1 heterocycles. The predicted octanol–water partition coefficient (Wildman–Crippen LogP) is 1.91. The lowest BCUT2D eigenvalue weighted by Crippen LogP contribution is -2.20. The van der Waals surface area contributed by atoms with E-state index in [0.717, 1.165) is 0 Å². The normalized spacial score (nSPS) is 12.6. The number of carbonyl (C=O) groups is 1. The van der Waals surface area contributed by atoms with Crippen LogP contribution in [0.3, 0.4) is 0 Å². The summed E-state index contributed by atoms with van der Waals surface area (Å²) in [4.78, 5) is 22.0. The Balaban J connectivity index is 2.10. The number of carboxylic acid groups (broad SMARTS) is 1. The van der Waals surface area contributed by atoms with Gasteiger partial charge in [0.25, 0.3) is 0 Å². The molecule has 8 nitrogen and oxygen atoms in total. The van der Waals surface area contributed by atoms with Crippen LogP contribution in [0.5, 0.6) is 17.2 Å². The summed E-state index contributed by atoms with van der Waals surface area (Å²) in [5.74, 6) is -0.550. The van der Waals surface area contributed by atoms with Crippen molar-refractivity contribution in [3.05, 3.63) is 42.0 Å². The Labute approximate surface area is 144 Å². The van der Waals surface area contributed by atoms with E-state index in [-0.39, 0.29) is 23.7 Å². The molecule has 1 aromatic carbocycles. The number of imidazole rings is 1. The van der Waals surface area contributed by atoms with Gasteiger partial charge in [-0.15, -0.1) is 0 Å². The second kappa shape index (κ2) is 8.53. The van der Waals surface area contributed by atoms with Crippen molar-refractivity contribution in [1.29, 1.82) is 0 Å². The number of hydrogen-bond donors (Lipinski definition) is 3. The number of H-pyrrole nitrogens is 1. The minimum atomic E-state index is -1.02. The molecule has 0 radical (unpaired) electrons. The summed E-state index contributed by atoms with van der Waals surface area (Å²) < 4.78 is 10.2. The maximum Gasteiger partial charge on any atom is 0.328 e. The number of ether oxygens (including phenoxy) is 2. The van der Waals surface area contributed by atoms with Crippen LogP contribution in [-0.4, -0.2) is 52.6 Å². The van der Waals surface area contributed by atoms with Gasteiger partial charge in [0.15, 0.2) is 17.5 Å². The Morgan fingerprint density at radius 2 is 2.04 bits per heavy atom. The number of aromatic amines is 1. The number of allylic oxidation sites excluding steroid dienone is 1. The third-order valence-corrected chi connectivity index (χ3v) is 3.40. The largest absolute Gasteiger partial charge is 0.502 e. The van der Waals surface area contributed by atoms with Gasteiger partial charge in [-0.1, -0.05) is 6.08 Å². The van der Waals surface area contributed by atoms with Gasteiger partial charge in [-0.3, -0.25) is 4.99 Å². The van der Waals surface area contributed by atoms with E-state index >= 15 is 0 Å². The molecule has 0 aliphatic heterocycles. The standard InChI is InChI=1S/C17H19N3O5/c1-24-14-6-11(7-15(25-2)16(14)21)4-3-5-19-13(17(22)23)8-12-9-18-10-20-12/h3-7,9-10,13,21H,8H2,1-2H3,(H,18,20)(H,22,23)/b4-3+,19-5?. The molecule has 0 bridgehead atoms. The van der Waals surface area contributed by atoms with Crippen molar-refractivity contribution in [3.63, 3.8) is 0 Å². The lowest BCUT2D eigenvalue weighted by Gasteiger charge is -2.09. The number of aliphatic carboxylic acids is 1. The van der Waals surface area contributed by atoms with E-state index in [0.29, 0.717) is 11.3 Å². The Kier molecular flexibility index (Phi) is 6.16. The van der Waals surface area contributed by atoms with Crippen molar-refractivity contribution >= 4 is 18.3 Å². The van der Waals surface area contributed by atoms with Crippen molar-refractivity contribution in [2.24, 2.45) is 4.99 Å². The van der Waals surface area contributed by atoms with Crippen LogP contribution >= 0.6 is 0 Å². The molecule has 0 saturated carbocycles. The van der Waals surface area contributed by atoms with Crippen LogP contribution in [0.25, 0.3) is 6.08 Å². The highest BCUT2D eigenvalue weighted by Crippen LogP contribution is 2.37. The fourth-order valence-corrected chi connectivity index (χ4v) is 2.13. The predicted molar refractivity (Wildman–Crippen MR) is 92.5 cm³/mol. The van der Waals surface area contributed by atoms with Gasteiger partial charge in [-0.2, -0.15) is 0 Å². The van der Waals surface area contributed by atoms with Crippen LogP contribution in [0.1, 0.15) is 11.3 Å². The molecule has 25 heavy (non-hydrogen) atoms. The molecule has 1 unspecified atom stereocenters. The molecule has 132 valence electrons. The lowest BCUT2D eigenvalue weighted by atomic mass is 10.1. The zero-order valence-corrected chi connectivity index (χ0v) is 13.8. The van der Waals surface area contributed by atoms with E-state index in [9.17, 15) is 15.0 Å². The van der Waals surface area contributed by atoms with Gasteiger partial charge < -0.3 is 24.7 Å². The Morgan fingerprint density at radius 3 is 2.56 bits per heavy atom. The lowest BCUT2D eigenvalue weighted by molar-refractivity contribution is -0.138. The third-order valence-electron chi connectivity index (χ3n) is 3.40. The van der Waals surface area contributed by atoms with Gasteiger partial charge in [0.1, 0.15) is 0 Å². The van der Waals surface area contributed by atoms with Crippen molar-refractivity contribution in [3.8, 4) is 17.2 Å². The molecule has 2 rings (SSSR count). The highest BCUT2D eigenvalue weighted by molar-refractivity contribution is 5.82. The topological polar surface area (TPSA) is 117 Å². The maximum atomic E-state index is 11.3. The number of aromatic nitrogens is 2. The van der Waals surface area contributed by atoms with Gasteiger partial charge in [-0.05, 0) is 23.8 Å². The second-order valence-electron chi connectivity index (χ2n) is 5.07. The Bertz CT molecular complexity index is 744. The van der Waals surface area contributed by atoms with Crippen molar-refractivity contribution in [1.82, 2.24) is 9.97 Å². The van der Waals surface area contributed by atoms with Gasteiger partial charge in [0, 0.05) is 24.5 Å². The van der Waals surface area contributed by atoms with Gasteiger partial charge >= 0.3 is 5.97 Å². The highest BCUT2D eigenvalue weighted by atomic mass is 16.5. The number of aliphatic imine (C=N–C) groups is 1. The molecule has 1 aromatic heterocycles. The minimum absolute atomic E-state index is 0.0821. The Hall–Kier alpha value is -3.29. The number of benzene rings is 1. The first kappa shape index (κ1) is 18.1. The Morgan fingerprint density at radius 1 is 1.36 bits per heavy atom. The van der Waals surface area contributed by atoms with Crippen LogP contribution in [-0.2, 0) is 11.2 Å². The van der Waals surface area contributed by atoms with Gasteiger partial charge in [-0.25, -0.2) is 9.78 Å². The molecule has 2 aromatic rings. The summed E-state index contributed by atoms with van der Waals surface area (Å²) in [6.07, 6.45) is 8.00. The van der Waals surface area contributed by atoms with Gasteiger partial charge in [0.2, 0.25) is 5.75 Å². The number of phenolic OH excluding ortho intramolecular Hbond substituents is 1. The first-order valence-electron chi connectivity index (χ1n) is 7.40. The summed E-state index contributed by atoms with van der Waals surface area (Å²) in [6, 6.07) is 2.34. The number of carboxylic acids is 1. The fraction of sp³-hybridized carbons (Fsp3) is 0.235. The second-order valence-corrected chi connectivity index (χ2v) is 5.07. The van der Waals surface area contributed by atoms with E-state index < -0.39 is 12.0 Å². The van der Waals surface area contributed by atoms with Crippen LogP contribution in [0, 0.1) is 0 Å². The number of phenols is 1. The number of rotatable bonds is 8. The molecule has 1 atom stereocenters. The molecule has 0 amide bonds. The van der Waals surface area contributed by atoms with Crippen molar-refractivity contribution in [2.75, 3.05) is 14.2 Å². The quantitative estimate of drug-likeness (QED) is 0.629. The number of hydrogen-bond acceptors (Lipinski definition) is 6. The minimum Gasteiger partial charge on any atom is -0.502 e. The molecular weight excluding hydrogens is 326 g/mol. The van der Waals surface area contributed by atoms with E-state index in [2.05, 4.69) is 15.0 Å². The summed E-state index contributed by atoms with van der Waals surface area (Å²) in [7, 11) is 2.88. The SMILES string of the molecule is COc1cc(/C=C/C=NC(Cc2cnc[nH]2)C(=O)O)cc(OC)c1O. The molecule has 0 spiro atoms. The summed E-state index contributed by atoms with van der Waals surface area (Å²) in [6.45, 7) is 0. The maximum absolute atomic E-state index is 11.3. The van der Waals surface area contributed by atoms with Crippen LogP contribution in [0.15, 0.2) is 35.7 Å². The number of nitrogens with one attached hydrogen (secondary N) is 1. The number of nitrogens with zero attached hydrogens (tertiary/aromatic N) is 2. The molecule has 0 aliphatic carbocycles. The van der Waals surface area contributed by atoms with E-state index in [1.54, 1.807) is 30.5 Å². The van der Waals surface area contributed by atoms with Crippen LogP contribution in [0.2, 0.25) is 0 Å². The van der Waals surface area contributed by atoms with Crippen LogP contribution in [0.4, 0.5) is 0 Å². The first-order valence-corrected chi connectivity index (χ1v) is 7.40.